The van der Waals surface area contributed by atoms with Crippen LogP contribution in [0.2, 0.25) is 0 Å². The molecule has 1 saturated heterocycles. The maximum absolute atomic E-state index is 13.9. The topological polar surface area (TPSA) is 231 Å². The highest BCUT2D eigenvalue weighted by molar-refractivity contribution is 7.52. The first-order valence-electron chi connectivity index (χ1n) is 13.4. The van der Waals surface area contributed by atoms with Crippen molar-refractivity contribution in [3.63, 3.8) is 0 Å². The SMILES string of the molecule is CCOc1nc(N)nc2c1ncn2C1O[C@H](COP(=O)(N[C@@H](C)C(=O)OC(C)C)Oc2ccccc2)[C@@H](O)[C@@]1(C)N=[N+]=[N-]. The van der Waals surface area contributed by atoms with Crippen molar-refractivity contribution in [1.29, 1.82) is 0 Å². The number of nitrogens with zero attached hydrogens (tertiary/aromatic N) is 7. The third kappa shape index (κ3) is 6.99. The lowest BCUT2D eigenvalue weighted by molar-refractivity contribution is -0.149. The first kappa shape index (κ1) is 31.9. The number of carbonyl (C=O) groups excluding carboxylic acids is 1. The van der Waals surface area contributed by atoms with Crippen molar-refractivity contribution in [2.45, 2.75) is 70.7 Å². The lowest BCUT2D eigenvalue weighted by Gasteiger charge is -2.28. The van der Waals surface area contributed by atoms with Crippen LogP contribution in [-0.2, 0) is 23.4 Å². The molecule has 1 aliphatic rings. The van der Waals surface area contributed by atoms with E-state index in [0.717, 1.165) is 0 Å². The van der Waals surface area contributed by atoms with Gasteiger partial charge in [-0.15, -0.1) is 0 Å². The summed E-state index contributed by atoms with van der Waals surface area (Å²) in [5.41, 5.74) is 14.1. The van der Waals surface area contributed by atoms with E-state index in [-0.39, 0.29) is 28.7 Å². The summed E-state index contributed by atoms with van der Waals surface area (Å²) < 4.78 is 43.6. The van der Waals surface area contributed by atoms with Crippen molar-refractivity contribution < 1.29 is 37.7 Å². The number of nitrogens with one attached hydrogen (secondary N) is 1. The first-order chi connectivity index (χ1) is 20.4. The van der Waals surface area contributed by atoms with Gasteiger partial charge >= 0.3 is 13.7 Å². The van der Waals surface area contributed by atoms with Gasteiger partial charge < -0.3 is 29.6 Å². The lowest BCUT2D eigenvalue weighted by Crippen LogP contribution is -2.43. The Morgan fingerprint density at radius 3 is 2.70 bits per heavy atom. The molecular weight excluding hydrogens is 585 g/mol. The number of imidazole rings is 1. The summed E-state index contributed by atoms with van der Waals surface area (Å²) in [6.45, 7) is 7.83. The highest BCUT2D eigenvalue weighted by Gasteiger charge is 2.55. The molecule has 17 nitrogen and oxygen atoms in total. The van der Waals surface area contributed by atoms with E-state index in [0.29, 0.717) is 6.61 Å². The van der Waals surface area contributed by atoms with Crippen molar-refractivity contribution in [2.75, 3.05) is 18.9 Å². The van der Waals surface area contributed by atoms with Crippen LogP contribution in [0.25, 0.3) is 21.6 Å². The zero-order valence-corrected chi connectivity index (χ0v) is 25.1. The minimum atomic E-state index is -4.29. The van der Waals surface area contributed by atoms with E-state index in [2.05, 4.69) is 30.1 Å². The van der Waals surface area contributed by atoms with E-state index >= 15 is 0 Å². The number of ether oxygens (including phenoxy) is 3. The van der Waals surface area contributed by atoms with Crippen molar-refractivity contribution in [2.24, 2.45) is 5.11 Å². The fourth-order valence-corrected chi connectivity index (χ4v) is 5.91. The number of para-hydroxylation sites is 1. The van der Waals surface area contributed by atoms with Crippen LogP contribution in [-0.4, -0.2) is 73.7 Å². The van der Waals surface area contributed by atoms with Gasteiger partial charge in [-0.05, 0) is 52.3 Å². The largest absolute Gasteiger partial charge is 0.476 e. The molecular formula is C25H34N9O8P. The van der Waals surface area contributed by atoms with E-state index in [1.807, 2.05) is 0 Å². The molecule has 232 valence electrons. The minimum Gasteiger partial charge on any atom is -0.476 e. The summed E-state index contributed by atoms with van der Waals surface area (Å²) in [4.78, 5) is 28.0. The number of carbonyl (C=O) groups is 1. The number of esters is 1. The van der Waals surface area contributed by atoms with Crippen LogP contribution >= 0.6 is 7.75 Å². The van der Waals surface area contributed by atoms with E-state index in [9.17, 15) is 20.0 Å². The van der Waals surface area contributed by atoms with Gasteiger partial charge in [0, 0.05) is 4.91 Å². The summed E-state index contributed by atoms with van der Waals surface area (Å²) in [6, 6.07) is 7.09. The van der Waals surface area contributed by atoms with Crippen molar-refractivity contribution >= 4 is 30.8 Å². The Balaban J connectivity index is 1.63. The van der Waals surface area contributed by atoms with Crippen LogP contribution in [0.15, 0.2) is 41.8 Å². The quantitative estimate of drug-likeness (QED) is 0.0821. The monoisotopic (exact) mass is 619 g/mol. The Bertz CT molecular complexity index is 1530. The molecule has 0 spiro atoms. The number of azide groups is 1. The van der Waals surface area contributed by atoms with Crippen LogP contribution in [0.4, 0.5) is 5.95 Å². The molecule has 1 aliphatic heterocycles. The van der Waals surface area contributed by atoms with Gasteiger partial charge in [0.25, 0.3) is 0 Å². The predicted octanol–water partition coefficient (Wildman–Crippen LogP) is 3.27. The molecule has 43 heavy (non-hydrogen) atoms. The summed E-state index contributed by atoms with van der Waals surface area (Å²) in [5, 5.41) is 17.7. The average Bonchev–Trinajstić information content (AvgIpc) is 3.46. The number of anilines is 1. The van der Waals surface area contributed by atoms with E-state index in [4.69, 9.17) is 29.0 Å². The Morgan fingerprint density at radius 2 is 2.05 bits per heavy atom. The zero-order valence-electron chi connectivity index (χ0n) is 24.2. The third-order valence-corrected chi connectivity index (χ3v) is 8.03. The summed E-state index contributed by atoms with van der Waals surface area (Å²) in [6.07, 6.45) is -2.88. The molecule has 4 rings (SSSR count). The fourth-order valence-electron chi connectivity index (χ4n) is 4.40. The Kier molecular flexibility index (Phi) is 9.75. The van der Waals surface area contributed by atoms with Crippen LogP contribution in [0.3, 0.4) is 0 Å². The molecule has 4 N–H and O–H groups in total. The van der Waals surface area contributed by atoms with Gasteiger partial charge in [0.05, 0.1) is 31.7 Å². The smallest absolute Gasteiger partial charge is 0.459 e. The molecule has 0 aliphatic carbocycles. The predicted molar refractivity (Wildman–Crippen MR) is 153 cm³/mol. The normalized spacial score (nSPS) is 23.8. The summed E-state index contributed by atoms with van der Waals surface area (Å²) in [5.74, 6) is -0.442. The number of fused-ring (bicyclic) bond motifs is 1. The highest BCUT2D eigenvalue weighted by Crippen LogP contribution is 2.48. The summed E-state index contributed by atoms with van der Waals surface area (Å²) in [7, 11) is -4.29. The van der Waals surface area contributed by atoms with E-state index < -0.39 is 56.4 Å². The lowest BCUT2D eigenvalue weighted by atomic mass is 9.93. The minimum absolute atomic E-state index is 0.100. The maximum atomic E-state index is 13.9. The van der Waals surface area contributed by atoms with Crippen LogP contribution < -0.4 is 20.1 Å². The van der Waals surface area contributed by atoms with Gasteiger partial charge in [-0.25, -0.2) is 9.55 Å². The molecule has 6 atom stereocenters. The molecule has 2 aromatic heterocycles. The molecule has 0 radical (unpaired) electrons. The number of aliphatic hydroxyl groups excluding tert-OH is 1. The van der Waals surface area contributed by atoms with Crippen molar-refractivity contribution in [3.05, 3.63) is 47.1 Å². The second kappa shape index (κ2) is 13.1. The number of benzene rings is 1. The molecule has 18 heteroatoms. The molecule has 1 fully saturated rings. The van der Waals surface area contributed by atoms with Gasteiger partial charge in [0.2, 0.25) is 11.8 Å². The standard InChI is InChI=1S/C25H34N9O8P/c1-6-38-21-18-20(29-24(26)30-21)34(13-28-18)23-25(5,32-33-27)19(35)17(41-23)12-39-43(37,42-16-10-8-7-9-11-16)31-15(4)22(36)40-14(2)3/h7-11,13-15,17,19,23,35H,6,12H2,1-5H3,(H,31,37)(H2,26,29,30)/t15-,17+,19+,23?,25+,43?/m0/s1. The third-order valence-electron chi connectivity index (χ3n) is 6.39. The van der Waals surface area contributed by atoms with E-state index in [1.165, 1.54) is 24.7 Å². The number of nitrogen functional groups attached to an aromatic ring is 1. The van der Waals surface area contributed by atoms with Gasteiger partial charge in [-0.1, -0.05) is 23.3 Å². The zero-order chi connectivity index (χ0) is 31.4. The molecule has 2 unspecified atom stereocenters. The fraction of sp³-hybridized carbons (Fsp3) is 0.520. The number of nitrogens with two attached hydrogens (primary N) is 1. The van der Waals surface area contributed by atoms with Crippen LogP contribution in [0, 0.1) is 0 Å². The number of rotatable bonds is 13. The number of hydrogen-bond acceptors (Lipinski definition) is 13. The van der Waals surface area contributed by atoms with Gasteiger partial charge in [0.1, 0.15) is 23.4 Å². The highest BCUT2D eigenvalue weighted by atomic mass is 31.2. The number of aliphatic hydroxyl groups is 1. The Labute approximate surface area is 246 Å². The second-order valence-electron chi connectivity index (χ2n) is 10.1. The average molecular weight is 620 g/mol. The molecule has 0 saturated carbocycles. The number of aromatic nitrogens is 4. The molecule has 3 heterocycles. The van der Waals surface area contributed by atoms with Gasteiger partial charge in [-0.2, -0.15) is 15.1 Å². The van der Waals surface area contributed by atoms with Crippen molar-refractivity contribution in [3.8, 4) is 11.6 Å². The molecule has 3 aromatic rings. The molecule has 1 aromatic carbocycles. The van der Waals surface area contributed by atoms with Gasteiger partial charge in [0.15, 0.2) is 17.4 Å². The van der Waals surface area contributed by atoms with Gasteiger partial charge in [-0.3, -0.25) is 13.9 Å². The summed E-state index contributed by atoms with van der Waals surface area (Å²) >= 11 is 0. The Morgan fingerprint density at radius 1 is 1.33 bits per heavy atom. The molecule has 0 bridgehead atoms. The number of hydrogen-bond donors (Lipinski definition) is 3. The second-order valence-corrected chi connectivity index (χ2v) is 11.8. The Hall–Kier alpha value is -3.98. The van der Waals surface area contributed by atoms with E-state index in [1.54, 1.807) is 51.1 Å². The maximum Gasteiger partial charge on any atom is 0.459 e. The van der Waals surface area contributed by atoms with Crippen LogP contribution in [0.5, 0.6) is 11.6 Å². The molecule has 0 amide bonds. The first-order valence-corrected chi connectivity index (χ1v) is 14.9. The van der Waals surface area contributed by atoms with Crippen molar-refractivity contribution in [1.82, 2.24) is 24.6 Å². The van der Waals surface area contributed by atoms with Crippen LogP contribution in [0.1, 0.15) is 40.8 Å².